The van der Waals surface area contributed by atoms with Gasteiger partial charge in [-0.25, -0.2) is 0 Å². The van der Waals surface area contributed by atoms with Crippen molar-refractivity contribution in [1.29, 1.82) is 0 Å². The second kappa shape index (κ2) is 10.4. The largest absolute Gasteiger partial charge is 0.315 e. The van der Waals surface area contributed by atoms with Crippen molar-refractivity contribution < 1.29 is 0 Å². The topological polar surface area (TPSA) is 24.1 Å². The SMILES string of the molecule is CCCCCCNC(C)CNCC(C)C. The molecule has 0 aromatic rings. The number of rotatable bonds is 10. The van der Waals surface area contributed by atoms with Gasteiger partial charge in [0.2, 0.25) is 0 Å². The van der Waals surface area contributed by atoms with E-state index in [-0.39, 0.29) is 0 Å². The number of unbranched alkanes of at least 4 members (excludes halogenated alkanes) is 3. The summed E-state index contributed by atoms with van der Waals surface area (Å²) in [6, 6.07) is 0.602. The summed E-state index contributed by atoms with van der Waals surface area (Å²) < 4.78 is 0. The zero-order valence-corrected chi connectivity index (χ0v) is 11.1. The minimum Gasteiger partial charge on any atom is -0.315 e. The zero-order valence-electron chi connectivity index (χ0n) is 11.1. The van der Waals surface area contributed by atoms with Crippen LogP contribution in [0.1, 0.15) is 53.4 Å². The molecule has 0 saturated heterocycles. The van der Waals surface area contributed by atoms with E-state index < -0.39 is 0 Å². The van der Waals surface area contributed by atoms with E-state index in [1.807, 2.05) is 0 Å². The van der Waals surface area contributed by atoms with E-state index in [1.165, 1.54) is 32.2 Å². The standard InChI is InChI=1S/C13H30N2/c1-5-6-7-8-9-15-13(4)11-14-10-12(2)3/h12-15H,5-11H2,1-4H3. The van der Waals surface area contributed by atoms with Crippen LogP contribution in [0, 0.1) is 5.92 Å². The minimum absolute atomic E-state index is 0.602. The third kappa shape index (κ3) is 11.8. The fourth-order valence-electron chi connectivity index (χ4n) is 1.56. The van der Waals surface area contributed by atoms with E-state index in [2.05, 4.69) is 38.3 Å². The molecule has 1 atom stereocenters. The van der Waals surface area contributed by atoms with Crippen molar-refractivity contribution in [3.63, 3.8) is 0 Å². The van der Waals surface area contributed by atoms with Crippen LogP contribution in [-0.2, 0) is 0 Å². The van der Waals surface area contributed by atoms with Gasteiger partial charge in [-0.15, -0.1) is 0 Å². The van der Waals surface area contributed by atoms with E-state index in [1.54, 1.807) is 0 Å². The van der Waals surface area contributed by atoms with Gasteiger partial charge in [0.05, 0.1) is 0 Å². The Hall–Kier alpha value is -0.0800. The van der Waals surface area contributed by atoms with Gasteiger partial charge in [-0.05, 0) is 32.4 Å². The Balaban J connectivity index is 3.15. The van der Waals surface area contributed by atoms with E-state index in [0.29, 0.717) is 6.04 Å². The Morgan fingerprint density at radius 3 is 2.27 bits per heavy atom. The molecular weight excluding hydrogens is 184 g/mol. The Labute approximate surface area is 96.2 Å². The van der Waals surface area contributed by atoms with Crippen molar-refractivity contribution in [2.24, 2.45) is 5.92 Å². The summed E-state index contributed by atoms with van der Waals surface area (Å²) in [5, 5.41) is 7.03. The predicted molar refractivity (Wildman–Crippen MR) is 69.3 cm³/mol. The summed E-state index contributed by atoms with van der Waals surface area (Å²) in [6.07, 6.45) is 5.39. The molecule has 0 aliphatic carbocycles. The monoisotopic (exact) mass is 214 g/mol. The second-order valence-electron chi connectivity index (χ2n) is 4.97. The normalized spacial score (nSPS) is 13.4. The van der Waals surface area contributed by atoms with Crippen LogP contribution in [0.25, 0.3) is 0 Å². The van der Waals surface area contributed by atoms with Gasteiger partial charge in [-0.2, -0.15) is 0 Å². The van der Waals surface area contributed by atoms with E-state index in [9.17, 15) is 0 Å². The molecule has 2 heteroatoms. The molecular formula is C13H30N2. The average Bonchev–Trinajstić information content (AvgIpc) is 2.17. The summed E-state index contributed by atoms with van der Waals surface area (Å²) >= 11 is 0. The second-order valence-corrected chi connectivity index (χ2v) is 4.97. The summed E-state index contributed by atoms with van der Waals surface area (Å²) in [6.45, 7) is 12.4. The first-order valence-electron chi connectivity index (χ1n) is 6.60. The van der Waals surface area contributed by atoms with Crippen molar-refractivity contribution in [2.45, 2.75) is 59.4 Å². The molecule has 0 bridgehead atoms. The molecule has 0 aromatic heterocycles. The third-order valence-electron chi connectivity index (χ3n) is 2.53. The highest BCUT2D eigenvalue weighted by Crippen LogP contribution is 1.97. The molecule has 0 aliphatic heterocycles. The van der Waals surface area contributed by atoms with E-state index in [0.717, 1.165) is 19.0 Å². The first kappa shape index (κ1) is 14.9. The molecule has 0 aromatic carbocycles. The number of nitrogens with one attached hydrogen (secondary N) is 2. The maximum atomic E-state index is 3.55. The van der Waals surface area contributed by atoms with Crippen molar-refractivity contribution in [3.8, 4) is 0 Å². The van der Waals surface area contributed by atoms with Gasteiger partial charge in [-0.1, -0.05) is 40.0 Å². The molecule has 2 nitrogen and oxygen atoms in total. The minimum atomic E-state index is 0.602. The maximum absolute atomic E-state index is 3.55. The van der Waals surface area contributed by atoms with Crippen LogP contribution in [0.5, 0.6) is 0 Å². The van der Waals surface area contributed by atoms with Gasteiger partial charge >= 0.3 is 0 Å². The van der Waals surface area contributed by atoms with E-state index in [4.69, 9.17) is 0 Å². The van der Waals surface area contributed by atoms with Crippen molar-refractivity contribution in [3.05, 3.63) is 0 Å². The molecule has 15 heavy (non-hydrogen) atoms. The van der Waals surface area contributed by atoms with Gasteiger partial charge in [-0.3, -0.25) is 0 Å². The fraction of sp³-hybridized carbons (Fsp3) is 1.00. The molecule has 1 unspecified atom stereocenters. The molecule has 92 valence electrons. The molecule has 0 saturated carbocycles. The quantitative estimate of drug-likeness (QED) is 0.546. The molecule has 0 amide bonds. The van der Waals surface area contributed by atoms with Crippen molar-refractivity contribution >= 4 is 0 Å². The fourth-order valence-corrected chi connectivity index (χ4v) is 1.56. The van der Waals surface area contributed by atoms with Crippen molar-refractivity contribution in [1.82, 2.24) is 10.6 Å². The van der Waals surface area contributed by atoms with Crippen molar-refractivity contribution in [2.75, 3.05) is 19.6 Å². The Morgan fingerprint density at radius 1 is 0.933 bits per heavy atom. The summed E-state index contributed by atoms with van der Waals surface area (Å²) in [5.74, 6) is 0.752. The van der Waals surface area contributed by atoms with Gasteiger partial charge in [0.25, 0.3) is 0 Å². The first-order chi connectivity index (χ1) is 7.16. The van der Waals surface area contributed by atoms with Gasteiger partial charge < -0.3 is 10.6 Å². The zero-order chi connectivity index (χ0) is 11.5. The lowest BCUT2D eigenvalue weighted by atomic mass is 10.2. The highest BCUT2D eigenvalue weighted by atomic mass is 15.0. The maximum Gasteiger partial charge on any atom is 0.0164 e. The van der Waals surface area contributed by atoms with Crippen LogP contribution in [0.3, 0.4) is 0 Å². The lowest BCUT2D eigenvalue weighted by molar-refractivity contribution is 0.464. The molecule has 0 fully saturated rings. The molecule has 0 radical (unpaired) electrons. The molecule has 0 heterocycles. The molecule has 0 aliphatic rings. The third-order valence-corrected chi connectivity index (χ3v) is 2.53. The lowest BCUT2D eigenvalue weighted by Gasteiger charge is -2.15. The summed E-state index contributed by atoms with van der Waals surface area (Å²) in [7, 11) is 0. The summed E-state index contributed by atoms with van der Waals surface area (Å²) in [4.78, 5) is 0. The first-order valence-corrected chi connectivity index (χ1v) is 6.60. The molecule has 0 spiro atoms. The number of hydrogen-bond acceptors (Lipinski definition) is 2. The van der Waals surface area contributed by atoms with Crippen LogP contribution in [-0.4, -0.2) is 25.7 Å². The molecule has 2 N–H and O–H groups in total. The number of hydrogen-bond donors (Lipinski definition) is 2. The van der Waals surface area contributed by atoms with Crippen LogP contribution in [0.15, 0.2) is 0 Å². The van der Waals surface area contributed by atoms with E-state index >= 15 is 0 Å². The van der Waals surface area contributed by atoms with Crippen LogP contribution in [0.4, 0.5) is 0 Å². The highest BCUT2D eigenvalue weighted by molar-refractivity contribution is 4.64. The predicted octanol–water partition coefficient (Wildman–Crippen LogP) is 2.79. The smallest absolute Gasteiger partial charge is 0.0164 e. The lowest BCUT2D eigenvalue weighted by Crippen LogP contribution is -2.38. The highest BCUT2D eigenvalue weighted by Gasteiger charge is 2.00. The van der Waals surface area contributed by atoms with Crippen LogP contribution < -0.4 is 10.6 Å². The van der Waals surface area contributed by atoms with Crippen LogP contribution >= 0.6 is 0 Å². The Morgan fingerprint density at radius 2 is 1.67 bits per heavy atom. The average molecular weight is 214 g/mol. The van der Waals surface area contributed by atoms with Crippen LogP contribution in [0.2, 0.25) is 0 Å². The van der Waals surface area contributed by atoms with Gasteiger partial charge in [0.1, 0.15) is 0 Å². The Bertz CT molecular complexity index is 124. The molecule has 0 rings (SSSR count). The van der Waals surface area contributed by atoms with Gasteiger partial charge in [0.15, 0.2) is 0 Å². The summed E-state index contributed by atoms with van der Waals surface area (Å²) in [5.41, 5.74) is 0. The van der Waals surface area contributed by atoms with Gasteiger partial charge in [0, 0.05) is 12.6 Å². The Kier molecular flexibility index (Phi) is 10.4.